The molecule has 32 heavy (non-hydrogen) atoms. The van der Waals surface area contributed by atoms with Crippen LogP contribution in [0.5, 0.6) is 5.75 Å². The number of nitrogens with one attached hydrogen (secondary N) is 2. The lowest BCUT2D eigenvalue weighted by atomic mass is 9.97. The van der Waals surface area contributed by atoms with E-state index in [4.69, 9.17) is 21.7 Å². The summed E-state index contributed by atoms with van der Waals surface area (Å²) in [6, 6.07) is 15.3. The molecule has 0 aliphatic carbocycles. The molecule has 1 aliphatic heterocycles. The van der Waals surface area contributed by atoms with Crippen molar-refractivity contribution in [1.82, 2.24) is 9.88 Å². The molecule has 1 fully saturated rings. The molecule has 7 nitrogen and oxygen atoms in total. The predicted molar refractivity (Wildman–Crippen MR) is 123 cm³/mol. The van der Waals surface area contributed by atoms with Crippen LogP contribution in [0.25, 0.3) is 0 Å². The highest BCUT2D eigenvalue weighted by atomic mass is 35.5. The van der Waals surface area contributed by atoms with Gasteiger partial charge in [0.25, 0.3) is 5.91 Å². The van der Waals surface area contributed by atoms with Gasteiger partial charge in [0, 0.05) is 42.4 Å². The van der Waals surface area contributed by atoms with Gasteiger partial charge in [0.05, 0.1) is 12.1 Å². The molecule has 1 aliphatic rings. The third kappa shape index (κ3) is 4.95. The molecule has 2 N–H and O–H groups in total. The maximum Gasteiger partial charge on any atom is 0.257 e. The zero-order valence-electron chi connectivity index (χ0n) is 17.4. The molecule has 0 bridgehead atoms. The number of hydrogen-bond acceptors (Lipinski definition) is 5. The summed E-state index contributed by atoms with van der Waals surface area (Å²) < 4.78 is 5.25. The standard InChI is InChI=1S/C24H21ClN4O3/c1-32-19-8-6-17(20(13-19)24(31)28-22-9-7-18(25)14-27-22)12-21(30)15-2-4-16(5-3-15)23(26)29-10-11-29/h2-9,13-14,26H,10-12H2,1H3,(H,27,28,31). The number of amidine groups is 1. The van der Waals surface area contributed by atoms with Crippen LogP contribution in [0.15, 0.2) is 60.8 Å². The smallest absolute Gasteiger partial charge is 0.257 e. The van der Waals surface area contributed by atoms with Crippen molar-refractivity contribution >= 4 is 34.9 Å². The van der Waals surface area contributed by atoms with Crippen LogP contribution in [-0.2, 0) is 6.42 Å². The number of methoxy groups -OCH3 is 1. The average molecular weight is 449 g/mol. The molecule has 1 aromatic heterocycles. The Kier molecular flexibility index (Phi) is 6.18. The van der Waals surface area contributed by atoms with E-state index in [2.05, 4.69) is 10.3 Å². The number of anilines is 1. The lowest BCUT2D eigenvalue weighted by Gasteiger charge is -2.12. The molecule has 0 atom stereocenters. The molecule has 1 amide bonds. The first kappa shape index (κ1) is 21.5. The molecule has 4 rings (SSSR count). The van der Waals surface area contributed by atoms with Crippen molar-refractivity contribution in [3.8, 4) is 5.75 Å². The van der Waals surface area contributed by atoms with Gasteiger partial charge in [-0.05, 0) is 29.8 Å². The number of amides is 1. The average Bonchev–Trinajstić information content (AvgIpc) is 3.66. The number of aromatic nitrogens is 1. The fourth-order valence-corrected chi connectivity index (χ4v) is 3.34. The van der Waals surface area contributed by atoms with E-state index in [-0.39, 0.29) is 12.2 Å². The molecule has 0 saturated carbocycles. The number of hydrogen-bond donors (Lipinski definition) is 2. The Bertz CT molecular complexity index is 1170. The second kappa shape index (κ2) is 9.20. The van der Waals surface area contributed by atoms with Gasteiger partial charge in [-0.2, -0.15) is 0 Å². The van der Waals surface area contributed by atoms with E-state index in [0.717, 1.165) is 18.7 Å². The zero-order valence-corrected chi connectivity index (χ0v) is 18.1. The van der Waals surface area contributed by atoms with Gasteiger partial charge in [-0.15, -0.1) is 0 Å². The normalized spacial score (nSPS) is 12.2. The number of rotatable bonds is 7. The molecule has 1 saturated heterocycles. The van der Waals surface area contributed by atoms with Crippen molar-refractivity contribution in [2.75, 3.05) is 25.5 Å². The highest BCUT2D eigenvalue weighted by molar-refractivity contribution is 6.30. The van der Waals surface area contributed by atoms with E-state index >= 15 is 0 Å². The van der Waals surface area contributed by atoms with Crippen molar-refractivity contribution in [2.45, 2.75) is 6.42 Å². The number of benzene rings is 2. The number of carbonyl (C=O) groups is 2. The first-order valence-electron chi connectivity index (χ1n) is 10.0. The Morgan fingerprint density at radius 2 is 1.81 bits per heavy atom. The quantitative estimate of drug-likeness (QED) is 0.246. The minimum atomic E-state index is -0.399. The fourth-order valence-electron chi connectivity index (χ4n) is 3.23. The third-order valence-electron chi connectivity index (χ3n) is 5.13. The van der Waals surface area contributed by atoms with Crippen LogP contribution in [0.3, 0.4) is 0 Å². The van der Waals surface area contributed by atoms with Crippen LogP contribution < -0.4 is 10.1 Å². The SMILES string of the molecule is COc1ccc(CC(=O)c2ccc(C(=N)N3CC3)cc2)c(C(=O)Nc2ccc(Cl)cn2)c1. The van der Waals surface area contributed by atoms with Gasteiger partial charge in [0.15, 0.2) is 5.78 Å². The summed E-state index contributed by atoms with van der Waals surface area (Å²) in [5.41, 5.74) is 2.20. The van der Waals surface area contributed by atoms with Gasteiger partial charge >= 0.3 is 0 Å². The largest absolute Gasteiger partial charge is 0.497 e. The second-order valence-corrected chi connectivity index (χ2v) is 7.79. The van der Waals surface area contributed by atoms with Crippen molar-refractivity contribution in [2.24, 2.45) is 0 Å². The number of halogens is 1. The molecular formula is C24H21ClN4O3. The number of pyridine rings is 1. The van der Waals surface area contributed by atoms with E-state index < -0.39 is 5.91 Å². The van der Waals surface area contributed by atoms with E-state index in [0.29, 0.717) is 39.1 Å². The van der Waals surface area contributed by atoms with Crippen LogP contribution in [0.1, 0.15) is 31.8 Å². The molecule has 2 aromatic carbocycles. The topological polar surface area (TPSA) is 95.2 Å². The van der Waals surface area contributed by atoms with E-state index in [1.165, 1.54) is 13.3 Å². The van der Waals surface area contributed by atoms with Gasteiger partial charge in [0.1, 0.15) is 17.4 Å². The number of nitrogens with zero attached hydrogens (tertiary/aromatic N) is 2. The Morgan fingerprint density at radius 1 is 1.09 bits per heavy atom. The van der Waals surface area contributed by atoms with Crippen LogP contribution in [0.2, 0.25) is 5.02 Å². The number of ether oxygens (including phenoxy) is 1. The maximum atomic E-state index is 12.9. The second-order valence-electron chi connectivity index (χ2n) is 7.35. The summed E-state index contributed by atoms with van der Waals surface area (Å²) in [5, 5.41) is 11.3. The molecule has 0 spiro atoms. The Labute approximate surface area is 190 Å². The minimum absolute atomic E-state index is 0.0453. The van der Waals surface area contributed by atoms with Crippen LogP contribution in [0.4, 0.5) is 5.82 Å². The predicted octanol–water partition coefficient (Wildman–Crippen LogP) is 4.06. The molecule has 3 aromatic rings. The van der Waals surface area contributed by atoms with Gasteiger partial charge in [-0.1, -0.05) is 41.9 Å². The van der Waals surface area contributed by atoms with Gasteiger partial charge in [0.2, 0.25) is 0 Å². The molecule has 0 radical (unpaired) electrons. The first-order valence-corrected chi connectivity index (χ1v) is 10.4. The number of ketones is 1. The molecular weight excluding hydrogens is 428 g/mol. The Balaban J connectivity index is 1.53. The number of Topliss-reactive ketones (excluding diaryl/α,β-unsaturated/α-hetero) is 1. The van der Waals surface area contributed by atoms with Crippen molar-refractivity contribution in [1.29, 1.82) is 5.41 Å². The first-order chi connectivity index (χ1) is 15.4. The highest BCUT2D eigenvalue weighted by Gasteiger charge is 2.22. The van der Waals surface area contributed by atoms with Crippen LogP contribution >= 0.6 is 11.6 Å². The monoisotopic (exact) mass is 448 g/mol. The van der Waals surface area contributed by atoms with Gasteiger partial charge < -0.3 is 15.0 Å². The van der Waals surface area contributed by atoms with Crippen LogP contribution in [0, 0.1) is 5.41 Å². The fraction of sp³-hybridized carbons (Fsp3) is 0.167. The van der Waals surface area contributed by atoms with Gasteiger partial charge in [-0.25, -0.2) is 4.98 Å². The number of carbonyl (C=O) groups excluding carboxylic acids is 2. The summed E-state index contributed by atoms with van der Waals surface area (Å²) in [7, 11) is 1.51. The molecule has 162 valence electrons. The van der Waals surface area contributed by atoms with Crippen molar-refractivity contribution in [3.05, 3.63) is 88.1 Å². The molecule has 8 heteroatoms. The Morgan fingerprint density at radius 3 is 2.44 bits per heavy atom. The van der Waals surface area contributed by atoms with Gasteiger partial charge in [-0.3, -0.25) is 15.0 Å². The lowest BCUT2D eigenvalue weighted by Crippen LogP contribution is -2.17. The Hall–Kier alpha value is -3.71. The van der Waals surface area contributed by atoms with E-state index in [1.807, 2.05) is 4.90 Å². The highest BCUT2D eigenvalue weighted by Crippen LogP contribution is 2.22. The summed E-state index contributed by atoms with van der Waals surface area (Å²) in [6.07, 6.45) is 1.49. The van der Waals surface area contributed by atoms with Crippen molar-refractivity contribution in [3.63, 3.8) is 0 Å². The third-order valence-corrected chi connectivity index (χ3v) is 5.35. The summed E-state index contributed by atoms with van der Waals surface area (Å²) >= 11 is 5.85. The lowest BCUT2D eigenvalue weighted by molar-refractivity contribution is 0.0992. The van der Waals surface area contributed by atoms with Crippen molar-refractivity contribution < 1.29 is 14.3 Å². The van der Waals surface area contributed by atoms with E-state index in [9.17, 15) is 9.59 Å². The maximum absolute atomic E-state index is 12.9. The van der Waals surface area contributed by atoms with E-state index in [1.54, 1.807) is 54.6 Å². The molecule has 0 unspecified atom stereocenters. The minimum Gasteiger partial charge on any atom is -0.497 e. The molecule has 2 heterocycles. The summed E-state index contributed by atoms with van der Waals surface area (Å²) in [5.74, 6) is 0.800. The zero-order chi connectivity index (χ0) is 22.7. The summed E-state index contributed by atoms with van der Waals surface area (Å²) in [4.78, 5) is 31.8. The van der Waals surface area contributed by atoms with Crippen LogP contribution in [-0.4, -0.2) is 47.6 Å². The summed E-state index contributed by atoms with van der Waals surface area (Å²) in [6.45, 7) is 1.79.